The zero-order valence-corrected chi connectivity index (χ0v) is 17.6. The van der Waals surface area contributed by atoms with Crippen molar-refractivity contribution in [1.82, 2.24) is 20.5 Å². The molecule has 3 aromatic rings. The Balaban J connectivity index is 1.37. The normalized spacial score (nSPS) is 16.9. The fourth-order valence-electron chi connectivity index (χ4n) is 3.50. The van der Waals surface area contributed by atoms with Crippen LogP contribution in [0.15, 0.2) is 29.6 Å². The molecule has 146 valence electrons. The van der Waals surface area contributed by atoms with E-state index in [1.165, 1.54) is 0 Å². The van der Waals surface area contributed by atoms with Gasteiger partial charge < -0.3 is 10.2 Å². The molecule has 0 spiro atoms. The van der Waals surface area contributed by atoms with Crippen LogP contribution in [-0.2, 0) is 11.3 Å². The standard InChI is InChI=1S/C20H23N5OS2/c1-13-18(28-14(2)22-13)11-21-20(26)15-5-3-9-25(12-15)19-8-7-16(23-24-19)17-6-4-10-27-17/h4,6-8,10,15H,3,5,9,11-12H2,1-2H3,(H,21,26)/t15-/m1/s1. The van der Waals surface area contributed by atoms with Gasteiger partial charge in [0, 0.05) is 18.0 Å². The zero-order valence-electron chi connectivity index (χ0n) is 16.0. The second-order valence-corrected chi connectivity index (χ2v) is 9.23. The Morgan fingerprint density at radius 3 is 2.86 bits per heavy atom. The summed E-state index contributed by atoms with van der Waals surface area (Å²) in [7, 11) is 0. The number of anilines is 1. The first-order chi connectivity index (χ1) is 13.6. The minimum absolute atomic E-state index is 0.0261. The van der Waals surface area contributed by atoms with Crippen molar-refractivity contribution in [2.45, 2.75) is 33.2 Å². The third-order valence-corrected chi connectivity index (χ3v) is 6.93. The Morgan fingerprint density at radius 1 is 1.29 bits per heavy atom. The number of piperidine rings is 1. The highest BCUT2D eigenvalue weighted by Crippen LogP contribution is 2.26. The Labute approximate surface area is 172 Å². The summed E-state index contributed by atoms with van der Waals surface area (Å²) in [5, 5.41) is 14.9. The molecule has 1 aliphatic heterocycles. The molecule has 0 unspecified atom stereocenters. The number of hydrogen-bond acceptors (Lipinski definition) is 7. The average Bonchev–Trinajstić information content (AvgIpc) is 3.36. The minimum atomic E-state index is -0.0261. The summed E-state index contributed by atoms with van der Waals surface area (Å²) >= 11 is 3.30. The zero-order chi connectivity index (χ0) is 19.5. The molecule has 0 radical (unpaired) electrons. The highest BCUT2D eigenvalue weighted by atomic mass is 32.1. The van der Waals surface area contributed by atoms with Crippen molar-refractivity contribution in [3.8, 4) is 10.6 Å². The van der Waals surface area contributed by atoms with Crippen LogP contribution >= 0.6 is 22.7 Å². The number of nitrogens with one attached hydrogen (secondary N) is 1. The van der Waals surface area contributed by atoms with Crippen molar-refractivity contribution in [2.75, 3.05) is 18.0 Å². The van der Waals surface area contributed by atoms with Gasteiger partial charge in [-0.1, -0.05) is 6.07 Å². The lowest BCUT2D eigenvalue weighted by molar-refractivity contribution is -0.125. The molecule has 4 heterocycles. The monoisotopic (exact) mass is 413 g/mol. The maximum Gasteiger partial charge on any atom is 0.225 e. The summed E-state index contributed by atoms with van der Waals surface area (Å²) in [5.74, 6) is 0.923. The summed E-state index contributed by atoms with van der Waals surface area (Å²) in [4.78, 5) is 21.5. The molecule has 0 aliphatic carbocycles. The molecule has 0 saturated carbocycles. The Morgan fingerprint density at radius 2 is 2.18 bits per heavy atom. The summed E-state index contributed by atoms with van der Waals surface area (Å²) in [6, 6.07) is 8.07. The van der Waals surface area contributed by atoms with Gasteiger partial charge >= 0.3 is 0 Å². The fourth-order valence-corrected chi connectivity index (χ4v) is 5.07. The van der Waals surface area contributed by atoms with Crippen LogP contribution in [0.2, 0.25) is 0 Å². The second-order valence-electron chi connectivity index (χ2n) is 7.00. The van der Waals surface area contributed by atoms with Crippen LogP contribution < -0.4 is 10.2 Å². The average molecular weight is 414 g/mol. The Bertz CT molecular complexity index is 936. The van der Waals surface area contributed by atoms with Gasteiger partial charge in [0.25, 0.3) is 0 Å². The molecule has 28 heavy (non-hydrogen) atoms. The topological polar surface area (TPSA) is 71.0 Å². The predicted molar refractivity (Wildman–Crippen MR) is 114 cm³/mol. The number of amides is 1. The van der Waals surface area contributed by atoms with E-state index in [1.807, 2.05) is 43.5 Å². The lowest BCUT2D eigenvalue weighted by Gasteiger charge is -2.32. The molecule has 1 atom stereocenters. The first-order valence-electron chi connectivity index (χ1n) is 9.43. The molecule has 6 nitrogen and oxygen atoms in total. The fraction of sp³-hybridized carbons (Fsp3) is 0.400. The van der Waals surface area contributed by atoms with E-state index in [1.54, 1.807) is 22.7 Å². The molecule has 0 aromatic carbocycles. The van der Waals surface area contributed by atoms with E-state index in [4.69, 9.17) is 0 Å². The van der Waals surface area contributed by atoms with Gasteiger partial charge in [-0.2, -0.15) is 0 Å². The SMILES string of the molecule is Cc1nc(C)c(CNC(=O)[C@@H]2CCCN(c3ccc(-c4cccs4)nn3)C2)s1. The molecule has 1 amide bonds. The third kappa shape index (κ3) is 4.23. The Hall–Kier alpha value is -2.32. The molecule has 1 fully saturated rings. The summed E-state index contributed by atoms with van der Waals surface area (Å²) < 4.78 is 0. The van der Waals surface area contributed by atoms with Gasteiger partial charge in [-0.3, -0.25) is 4.79 Å². The quantitative estimate of drug-likeness (QED) is 0.689. The molecular weight excluding hydrogens is 390 g/mol. The van der Waals surface area contributed by atoms with Crippen molar-refractivity contribution in [3.05, 3.63) is 45.2 Å². The van der Waals surface area contributed by atoms with Crippen LogP contribution in [0.4, 0.5) is 5.82 Å². The van der Waals surface area contributed by atoms with E-state index in [2.05, 4.69) is 25.4 Å². The lowest BCUT2D eigenvalue weighted by Crippen LogP contribution is -2.43. The van der Waals surface area contributed by atoms with Crippen molar-refractivity contribution < 1.29 is 4.79 Å². The van der Waals surface area contributed by atoms with Crippen molar-refractivity contribution in [1.29, 1.82) is 0 Å². The van der Waals surface area contributed by atoms with E-state index in [0.29, 0.717) is 13.1 Å². The predicted octanol–water partition coefficient (Wildman–Crippen LogP) is 3.81. The number of carbonyl (C=O) groups is 1. The van der Waals surface area contributed by atoms with Gasteiger partial charge in [-0.05, 0) is 50.3 Å². The van der Waals surface area contributed by atoms with Gasteiger partial charge in [0.05, 0.1) is 28.0 Å². The summed E-state index contributed by atoms with van der Waals surface area (Å²) in [6.45, 7) is 6.13. The number of thiophene rings is 1. The van der Waals surface area contributed by atoms with Crippen LogP contribution in [0.3, 0.4) is 0 Å². The minimum Gasteiger partial charge on any atom is -0.354 e. The first-order valence-corrected chi connectivity index (χ1v) is 11.1. The summed E-state index contributed by atoms with van der Waals surface area (Å²) in [5.41, 5.74) is 1.90. The van der Waals surface area contributed by atoms with Gasteiger partial charge in [-0.25, -0.2) is 4.98 Å². The van der Waals surface area contributed by atoms with Crippen molar-refractivity contribution >= 4 is 34.4 Å². The number of rotatable bonds is 5. The molecular formula is C20H23N5OS2. The number of carbonyl (C=O) groups excluding carboxylic acids is 1. The molecule has 1 N–H and O–H groups in total. The number of hydrogen-bond donors (Lipinski definition) is 1. The molecule has 1 saturated heterocycles. The molecule has 0 bridgehead atoms. The second kappa shape index (κ2) is 8.36. The van der Waals surface area contributed by atoms with Crippen molar-refractivity contribution in [3.63, 3.8) is 0 Å². The van der Waals surface area contributed by atoms with E-state index >= 15 is 0 Å². The third-order valence-electron chi connectivity index (χ3n) is 4.96. The Kier molecular flexibility index (Phi) is 5.68. The van der Waals surface area contributed by atoms with E-state index in [-0.39, 0.29) is 11.8 Å². The van der Waals surface area contributed by atoms with E-state index < -0.39 is 0 Å². The molecule has 4 rings (SSSR count). The van der Waals surface area contributed by atoms with Gasteiger partial charge in [-0.15, -0.1) is 32.9 Å². The van der Waals surface area contributed by atoms with Crippen LogP contribution in [-0.4, -0.2) is 34.2 Å². The van der Waals surface area contributed by atoms with Gasteiger partial charge in [0.2, 0.25) is 5.91 Å². The van der Waals surface area contributed by atoms with Crippen LogP contribution in [0.5, 0.6) is 0 Å². The maximum absolute atomic E-state index is 12.7. The maximum atomic E-state index is 12.7. The largest absolute Gasteiger partial charge is 0.354 e. The van der Waals surface area contributed by atoms with E-state index in [0.717, 1.165) is 51.4 Å². The van der Waals surface area contributed by atoms with E-state index in [9.17, 15) is 4.79 Å². The van der Waals surface area contributed by atoms with Crippen LogP contribution in [0.1, 0.15) is 28.4 Å². The lowest BCUT2D eigenvalue weighted by atomic mass is 9.97. The number of aromatic nitrogens is 3. The highest BCUT2D eigenvalue weighted by molar-refractivity contribution is 7.13. The first kappa shape index (κ1) is 19.0. The van der Waals surface area contributed by atoms with Gasteiger partial charge in [0.15, 0.2) is 5.82 Å². The summed E-state index contributed by atoms with van der Waals surface area (Å²) in [6.07, 6.45) is 1.88. The van der Waals surface area contributed by atoms with Crippen LogP contribution in [0, 0.1) is 19.8 Å². The number of nitrogens with zero attached hydrogens (tertiary/aromatic N) is 4. The molecule has 3 aromatic heterocycles. The number of thiazole rings is 1. The molecule has 8 heteroatoms. The van der Waals surface area contributed by atoms with Gasteiger partial charge in [0.1, 0.15) is 5.69 Å². The smallest absolute Gasteiger partial charge is 0.225 e. The highest BCUT2D eigenvalue weighted by Gasteiger charge is 2.27. The molecule has 1 aliphatic rings. The van der Waals surface area contributed by atoms with Crippen LogP contribution in [0.25, 0.3) is 10.6 Å². The van der Waals surface area contributed by atoms with Crippen molar-refractivity contribution in [2.24, 2.45) is 5.92 Å². The number of aryl methyl sites for hydroxylation is 2.